The van der Waals surface area contributed by atoms with Gasteiger partial charge < -0.3 is 25.2 Å². The lowest BCUT2D eigenvalue weighted by Gasteiger charge is -2.25. The Morgan fingerprint density at radius 3 is 2.67 bits per heavy atom. The minimum atomic E-state index is -1.01. The summed E-state index contributed by atoms with van der Waals surface area (Å²) in [7, 11) is 1.68. The molecule has 1 aliphatic rings. The van der Waals surface area contributed by atoms with Gasteiger partial charge in [-0.05, 0) is 38.5 Å². The number of rotatable bonds is 7. The van der Waals surface area contributed by atoms with E-state index < -0.39 is 5.60 Å². The van der Waals surface area contributed by atoms with Crippen molar-refractivity contribution in [2.24, 2.45) is 4.99 Å². The van der Waals surface area contributed by atoms with E-state index in [-0.39, 0.29) is 30.1 Å². The average Bonchev–Trinajstić information content (AvgIpc) is 3.08. The van der Waals surface area contributed by atoms with E-state index in [2.05, 4.69) is 22.5 Å². The smallest absolute Gasteiger partial charge is 0.191 e. The van der Waals surface area contributed by atoms with Crippen LogP contribution in [-0.4, -0.2) is 37.4 Å². The summed E-state index contributed by atoms with van der Waals surface area (Å²) in [5, 5.41) is 17.3. The Kier molecular flexibility index (Phi) is 8.78. The number of aliphatic hydroxyl groups is 1. The van der Waals surface area contributed by atoms with Crippen LogP contribution in [0, 0.1) is 0 Å². The second-order valence-corrected chi connectivity index (χ2v) is 7.59. The molecule has 3 rings (SSSR count). The topological polar surface area (TPSA) is 75.1 Å². The van der Waals surface area contributed by atoms with Gasteiger partial charge >= 0.3 is 0 Å². The Hall–Kier alpha value is -2.00. The van der Waals surface area contributed by atoms with Crippen LogP contribution in [0.4, 0.5) is 0 Å². The number of guanidine groups is 1. The first-order valence-electron chi connectivity index (χ1n) is 10.1. The number of aliphatic imine (C=N–C) groups is 1. The molecule has 1 aliphatic heterocycles. The molecular formula is C23H32IN3O3. The number of nitrogens with zero attached hydrogens (tertiary/aromatic N) is 1. The van der Waals surface area contributed by atoms with Gasteiger partial charge in [0.25, 0.3) is 0 Å². The van der Waals surface area contributed by atoms with Crippen molar-refractivity contribution in [3.8, 4) is 11.5 Å². The number of halogens is 1. The third-order valence-corrected chi connectivity index (χ3v) is 5.05. The molecule has 0 aromatic heterocycles. The Morgan fingerprint density at radius 2 is 2.00 bits per heavy atom. The van der Waals surface area contributed by atoms with Crippen LogP contribution >= 0.6 is 24.0 Å². The highest BCUT2D eigenvalue weighted by molar-refractivity contribution is 14.0. The predicted octanol–water partition coefficient (Wildman–Crippen LogP) is 3.60. The molecule has 6 nitrogen and oxygen atoms in total. The number of fused-ring (bicyclic) bond motifs is 1. The lowest BCUT2D eigenvalue weighted by atomic mass is 9.96. The van der Waals surface area contributed by atoms with E-state index in [0.29, 0.717) is 19.0 Å². The van der Waals surface area contributed by atoms with Gasteiger partial charge in [0.05, 0.1) is 20.2 Å². The molecule has 0 saturated heterocycles. The van der Waals surface area contributed by atoms with E-state index >= 15 is 0 Å². The van der Waals surface area contributed by atoms with Crippen molar-refractivity contribution >= 4 is 29.9 Å². The zero-order chi connectivity index (χ0) is 20.9. The largest absolute Gasteiger partial charge is 0.496 e. The van der Waals surface area contributed by atoms with Gasteiger partial charge in [0.1, 0.15) is 23.2 Å². The number of benzene rings is 2. The lowest BCUT2D eigenvalue weighted by molar-refractivity contribution is 0.0617. The summed E-state index contributed by atoms with van der Waals surface area (Å²) in [5.41, 5.74) is 1.99. The minimum absolute atomic E-state index is 0. The van der Waals surface area contributed by atoms with E-state index in [9.17, 15) is 5.11 Å². The second kappa shape index (κ2) is 10.9. The molecule has 30 heavy (non-hydrogen) atoms. The van der Waals surface area contributed by atoms with Crippen molar-refractivity contribution in [3.63, 3.8) is 0 Å². The maximum atomic E-state index is 10.8. The highest BCUT2D eigenvalue weighted by Gasteiger charge is 2.24. The Bertz CT molecular complexity index is 856. The van der Waals surface area contributed by atoms with Crippen LogP contribution in [0.25, 0.3) is 0 Å². The molecule has 0 saturated carbocycles. The van der Waals surface area contributed by atoms with Crippen molar-refractivity contribution in [1.82, 2.24) is 10.6 Å². The average molecular weight is 525 g/mol. The first kappa shape index (κ1) is 24.3. The fourth-order valence-corrected chi connectivity index (χ4v) is 3.46. The molecule has 0 bridgehead atoms. The number of methoxy groups -OCH3 is 1. The Balaban J connectivity index is 0.00000320. The first-order valence-corrected chi connectivity index (χ1v) is 10.1. The number of ether oxygens (including phenoxy) is 2. The van der Waals surface area contributed by atoms with E-state index in [1.165, 1.54) is 5.56 Å². The van der Waals surface area contributed by atoms with Crippen LogP contribution in [0.3, 0.4) is 0 Å². The molecule has 0 fully saturated rings. The van der Waals surface area contributed by atoms with Gasteiger partial charge in [0.2, 0.25) is 0 Å². The molecule has 0 amide bonds. The number of nitrogens with one attached hydrogen (secondary N) is 2. The predicted molar refractivity (Wildman–Crippen MR) is 131 cm³/mol. The summed E-state index contributed by atoms with van der Waals surface area (Å²) in [5.74, 6) is 2.37. The molecule has 164 valence electrons. The maximum absolute atomic E-state index is 10.8. The monoisotopic (exact) mass is 525 g/mol. The quantitative estimate of drug-likeness (QED) is 0.293. The highest BCUT2D eigenvalue weighted by atomic mass is 127. The summed E-state index contributed by atoms with van der Waals surface area (Å²) < 4.78 is 11.4. The number of hydrogen-bond donors (Lipinski definition) is 3. The SMILES string of the molecule is CCNC(=NCc1cc2c(cc1OC)CC(C)O2)NCC(C)(O)c1ccccc1.I. The zero-order valence-electron chi connectivity index (χ0n) is 18.1. The van der Waals surface area contributed by atoms with E-state index in [1.807, 2.05) is 49.4 Å². The Labute approximate surface area is 196 Å². The van der Waals surface area contributed by atoms with Gasteiger partial charge in [-0.2, -0.15) is 0 Å². The van der Waals surface area contributed by atoms with Crippen LogP contribution in [0.1, 0.15) is 37.5 Å². The fourth-order valence-electron chi connectivity index (χ4n) is 3.46. The van der Waals surface area contributed by atoms with Crippen molar-refractivity contribution in [3.05, 3.63) is 59.2 Å². The van der Waals surface area contributed by atoms with Gasteiger partial charge in [0, 0.05) is 24.1 Å². The third kappa shape index (κ3) is 6.01. The molecule has 2 aromatic rings. The van der Waals surface area contributed by atoms with Crippen LogP contribution in [-0.2, 0) is 18.6 Å². The summed E-state index contributed by atoms with van der Waals surface area (Å²) in [4.78, 5) is 4.68. The van der Waals surface area contributed by atoms with Crippen molar-refractivity contribution < 1.29 is 14.6 Å². The standard InChI is InChI=1S/C23H31N3O3.HI/c1-5-24-22(26-15-23(3,27)19-9-7-6-8-10-19)25-14-18-13-21-17(11-16(2)29-21)12-20(18)28-4;/h6-10,12-13,16,27H,5,11,14-15H2,1-4H3,(H2,24,25,26);1H. The highest BCUT2D eigenvalue weighted by Crippen LogP contribution is 2.35. The zero-order valence-corrected chi connectivity index (χ0v) is 20.4. The molecule has 7 heteroatoms. The van der Waals surface area contributed by atoms with Crippen LogP contribution < -0.4 is 20.1 Å². The van der Waals surface area contributed by atoms with Gasteiger partial charge in [-0.1, -0.05) is 30.3 Å². The van der Waals surface area contributed by atoms with E-state index in [4.69, 9.17) is 9.47 Å². The summed E-state index contributed by atoms with van der Waals surface area (Å²) in [6.07, 6.45) is 1.08. The number of hydrogen-bond acceptors (Lipinski definition) is 4. The van der Waals surface area contributed by atoms with E-state index in [0.717, 1.165) is 35.6 Å². The molecule has 3 N–H and O–H groups in total. The minimum Gasteiger partial charge on any atom is -0.496 e. The first-order chi connectivity index (χ1) is 13.9. The molecule has 2 atom stereocenters. The summed E-state index contributed by atoms with van der Waals surface area (Å²) >= 11 is 0. The normalized spacial score (nSPS) is 17.2. The van der Waals surface area contributed by atoms with Crippen molar-refractivity contribution in [2.75, 3.05) is 20.2 Å². The molecule has 2 aromatic carbocycles. The molecular weight excluding hydrogens is 493 g/mol. The van der Waals surface area contributed by atoms with E-state index in [1.54, 1.807) is 14.0 Å². The summed E-state index contributed by atoms with van der Waals surface area (Å²) in [6, 6.07) is 13.7. The fraction of sp³-hybridized carbons (Fsp3) is 0.435. The van der Waals surface area contributed by atoms with Crippen LogP contribution in [0.15, 0.2) is 47.5 Å². The van der Waals surface area contributed by atoms with Crippen molar-refractivity contribution in [1.29, 1.82) is 0 Å². The summed E-state index contributed by atoms with van der Waals surface area (Å²) in [6.45, 7) is 7.37. The molecule has 2 unspecified atom stereocenters. The van der Waals surface area contributed by atoms with Gasteiger partial charge in [0.15, 0.2) is 5.96 Å². The van der Waals surface area contributed by atoms with Gasteiger partial charge in [-0.3, -0.25) is 0 Å². The van der Waals surface area contributed by atoms with Crippen LogP contribution in [0.2, 0.25) is 0 Å². The second-order valence-electron chi connectivity index (χ2n) is 7.59. The van der Waals surface area contributed by atoms with Crippen molar-refractivity contribution in [2.45, 2.75) is 45.4 Å². The molecule has 0 spiro atoms. The van der Waals surface area contributed by atoms with Gasteiger partial charge in [-0.25, -0.2) is 4.99 Å². The molecule has 0 aliphatic carbocycles. The maximum Gasteiger partial charge on any atom is 0.191 e. The third-order valence-electron chi connectivity index (χ3n) is 5.05. The van der Waals surface area contributed by atoms with Gasteiger partial charge in [-0.15, -0.1) is 24.0 Å². The molecule has 0 radical (unpaired) electrons. The van der Waals surface area contributed by atoms with Crippen LogP contribution in [0.5, 0.6) is 11.5 Å². The molecule has 1 heterocycles. The Morgan fingerprint density at radius 1 is 1.27 bits per heavy atom. The lowest BCUT2D eigenvalue weighted by Crippen LogP contribution is -2.44.